The summed E-state index contributed by atoms with van der Waals surface area (Å²) < 4.78 is 11.3. The van der Waals surface area contributed by atoms with Gasteiger partial charge in [0.05, 0.1) is 13.2 Å². The van der Waals surface area contributed by atoms with Crippen LogP contribution in [-0.2, 0) is 0 Å². The maximum Gasteiger partial charge on any atom is 0.339 e. The third kappa shape index (κ3) is 5.73. The Balaban J connectivity index is 2.14. The fourth-order valence-corrected chi connectivity index (χ4v) is 3.15. The van der Waals surface area contributed by atoms with Gasteiger partial charge in [0.1, 0.15) is 22.6 Å². The van der Waals surface area contributed by atoms with Gasteiger partial charge in [-0.25, -0.2) is 9.59 Å². The zero-order valence-electron chi connectivity index (χ0n) is 17.3. The average Bonchev–Trinajstić information content (AvgIpc) is 2.65. The number of ether oxygens (including phenoxy) is 2. The highest BCUT2D eigenvalue weighted by Gasteiger charge is 2.18. The SMILES string of the molecule is CCCOc1cc(C)c(C(C)CCOc2cc(C)ccc2C(=O)O)cc1C(=O)O. The Morgan fingerprint density at radius 3 is 2.17 bits per heavy atom. The molecule has 0 bridgehead atoms. The molecular weight excluding hydrogens is 372 g/mol. The van der Waals surface area contributed by atoms with Crippen LogP contribution < -0.4 is 9.47 Å². The molecule has 0 aromatic heterocycles. The molecule has 0 aliphatic carbocycles. The predicted octanol–water partition coefficient (Wildman–Crippen LogP) is 5.06. The number of benzene rings is 2. The topological polar surface area (TPSA) is 93.1 Å². The Kier molecular flexibility index (Phi) is 7.65. The largest absolute Gasteiger partial charge is 0.493 e. The van der Waals surface area contributed by atoms with Crippen molar-refractivity contribution in [1.29, 1.82) is 0 Å². The van der Waals surface area contributed by atoms with Gasteiger partial charge in [-0.05, 0) is 73.6 Å². The summed E-state index contributed by atoms with van der Waals surface area (Å²) in [6, 6.07) is 8.42. The Morgan fingerprint density at radius 2 is 1.55 bits per heavy atom. The van der Waals surface area contributed by atoms with Gasteiger partial charge in [-0.3, -0.25) is 0 Å². The van der Waals surface area contributed by atoms with E-state index in [0.29, 0.717) is 31.1 Å². The third-order valence-electron chi connectivity index (χ3n) is 4.77. The summed E-state index contributed by atoms with van der Waals surface area (Å²) >= 11 is 0. The number of aryl methyl sites for hydroxylation is 2. The second-order valence-corrected chi connectivity index (χ2v) is 7.20. The first-order chi connectivity index (χ1) is 13.7. The Labute approximate surface area is 171 Å². The molecule has 2 aromatic carbocycles. The molecule has 0 saturated carbocycles. The first-order valence-corrected chi connectivity index (χ1v) is 9.72. The number of aromatic carboxylic acids is 2. The van der Waals surface area contributed by atoms with E-state index < -0.39 is 11.9 Å². The second kappa shape index (κ2) is 9.96. The second-order valence-electron chi connectivity index (χ2n) is 7.20. The summed E-state index contributed by atoms with van der Waals surface area (Å²) in [6.45, 7) is 8.55. The smallest absolute Gasteiger partial charge is 0.339 e. The zero-order valence-corrected chi connectivity index (χ0v) is 17.3. The highest BCUT2D eigenvalue weighted by Crippen LogP contribution is 2.30. The Hall–Kier alpha value is -3.02. The minimum Gasteiger partial charge on any atom is -0.493 e. The van der Waals surface area contributed by atoms with E-state index >= 15 is 0 Å². The summed E-state index contributed by atoms with van der Waals surface area (Å²) in [4.78, 5) is 23.0. The molecule has 0 aliphatic heterocycles. The van der Waals surface area contributed by atoms with Crippen LogP contribution in [0.5, 0.6) is 11.5 Å². The van der Waals surface area contributed by atoms with Crippen LogP contribution in [0.1, 0.15) is 70.0 Å². The van der Waals surface area contributed by atoms with Crippen LogP contribution in [0.3, 0.4) is 0 Å². The van der Waals surface area contributed by atoms with Crippen molar-refractivity contribution in [3.8, 4) is 11.5 Å². The van der Waals surface area contributed by atoms with E-state index in [0.717, 1.165) is 23.1 Å². The van der Waals surface area contributed by atoms with E-state index in [4.69, 9.17) is 9.47 Å². The first-order valence-electron chi connectivity index (χ1n) is 9.72. The lowest BCUT2D eigenvalue weighted by molar-refractivity contribution is 0.0681. The summed E-state index contributed by atoms with van der Waals surface area (Å²) in [5.74, 6) is -1.29. The van der Waals surface area contributed by atoms with Crippen molar-refractivity contribution in [2.45, 2.75) is 46.5 Å². The average molecular weight is 400 g/mol. The van der Waals surface area contributed by atoms with Crippen molar-refractivity contribution in [1.82, 2.24) is 0 Å². The van der Waals surface area contributed by atoms with Crippen molar-refractivity contribution in [2.75, 3.05) is 13.2 Å². The lowest BCUT2D eigenvalue weighted by atomic mass is 9.91. The van der Waals surface area contributed by atoms with Crippen LogP contribution in [-0.4, -0.2) is 35.4 Å². The lowest BCUT2D eigenvalue weighted by Crippen LogP contribution is -2.10. The third-order valence-corrected chi connectivity index (χ3v) is 4.77. The fraction of sp³-hybridized carbons (Fsp3) is 0.391. The van der Waals surface area contributed by atoms with Gasteiger partial charge in [0.25, 0.3) is 0 Å². The van der Waals surface area contributed by atoms with E-state index in [1.807, 2.05) is 27.7 Å². The predicted molar refractivity (Wildman–Crippen MR) is 111 cm³/mol. The molecule has 0 saturated heterocycles. The number of rotatable bonds is 10. The summed E-state index contributed by atoms with van der Waals surface area (Å²) in [6.07, 6.45) is 1.41. The number of hydrogen-bond donors (Lipinski definition) is 2. The van der Waals surface area contributed by atoms with Gasteiger partial charge in [-0.15, -0.1) is 0 Å². The van der Waals surface area contributed by atoms with Crippen LogP contribution in [0, 0.1) is 13.8 Å². The van der Waals surface area contributed by atoms with Crippen LogP contribution in [0.4, 0.5) is 0 Å². The maximum absolute atomic E-state index is 11.6. The minimum absolute atomic E-state index is 0.0337. The van der Waals surface area contributed by atoms with Crippen molar-refractivity contribution >= 4 is 11.9 Å². The fourth-order valence-electron chi connectivity index (χ4n) is 3.15. The molecule has 6 nitrogen and oxygen atoms in total. The first kappa shape index (κ1) is 22.3. The van der Waals surface area contributed by atoms with Gasteiger partial charge >= 0.3 is 11.9 Å². The van der Waals surface area contributed by atoms with Crippen molar-refractivity contribution in [3.63, 3.8) is 0 Å². The monoisotopic (exact) mass is 400 g/mol. The van der Waals surface area contributed by atoms with Crippen molar-refractivity contribution < 1.29 is 29.3 Å². The van der Waals surface area contributed by atoms with Crippen molar-refractivity contribution in [3.05, 3.63) is 58.1 Å². The molecule has 2 N–H and O–H groups in total. The standard InChI is InChI=1S/C23H28O6/c1-5-9-28-21-12-16(4)18(13-19(21)23(26)27)15(3)8-10-29-20-11-14(2)6-7-17(20)22(24)25/h6-7,11-13,15H,5,8-10H2,1-4H3,(H,24,25)(H,26,27). The molecule has 156 valence electrons. The van der Waals surface area contributed by atoms with E-state index in [9.17, 15) is 19.8 Å². The van der Waals surface area contributed by atoms with Crippen LogP contribution in [0.15, 0.2) is 30.3 Å². The maximum atomic E-state index is 11.6. The van der Waals surface area contributed by atoms with Gasteiger partial charge in [0.15, 0.2) is 0 Å². The molecule has 29 heavy (non-hydrogen) atoms. The quantitative estimate of drug-likeness (QED) is 0.579. The zero-order chi connectivity index (χ0) is 21.6. The highest BCUT2D eigenvalue weighted by atomic mass is 16.5. The van der Waals surface area contributed by atoms with E-state index in [-0.39, 0.29) is 17.0 Å². The molecule has 0 radical (unpaired) electrons. The van der Waals surface area contributed by atoms with E-state index in [1.165, 1.54) is 6.07 Å². The molecule has 0 fully saturated rings. The molecule has 1 unspecified atom stereocenters. The van der Waals surface area contributed by atoms with Crippen LogP contribution in [0.2, 0.25) is 0 Å². The lowest BCUT2D eigenvalue weighted by Gasteiger charge is -2.18. The van der Waals surface area contributed by atoms with Gasteiger partial charge in [0, 0.05) is 0 Å². The molecule has 2 rings (SSSR count). The summed E-state index contributed by atoms with van der Waals surface area (Å²) in [5.41, 5.74) is 3.07. The molecule has 0 amide bonds. The molecular formula is C23H28O6. The number of carboxylic acid groups (broad SMARTS) is 2. The molecule has 0 spiro atoms. The Bertz CT molecular complexity index is 887. The van der Waals surface area contributed by atoms with Gasteiger partial charge in [-0.1, -0.05) is 19.9 Å². The number of hydrogen-bond acceptors (Lipinski definition) is 4. The van der Waals surface area contributed by atoms with E-state index in [1.54, 1.807) is 24.3 Å². The van der Waals surface area contributed by atoms with Gasteiger partial charge in [-0.2, -0.15) is 0 Å². The molecule has 0 aliphatic rings. The van der Waals surface area contributed by atoms with Gasteiger partial charge in [0.2, 0.25) is 0 Å². The highest BCUT2D eigenvalue weighted by molar-refractivity contribution is 5.91. The number of carbonyl (C=O) groups is 2. The normalized spacial score (nSPS) is 11.7. The summed E-state index contributed by atoms with van der Waals surface area (Å²) in [7, 11) is 0. The number of carboxylic acids is 2. The minimum atomic E-state index is -1.03. The molecule has 0 heterocycles. The molecule has 2 aromatic rings. The molecule has 6 heteroatoms. The van der Waals surface area contributed by atoms with Crippen LogP contribution in [0.25, 0.3) is 0 Å². The Morgan fingerprint density at radius 1 is 0.931 bits per heavy atom. The van der Waals surface area contributed by atoms with E-state index in [2.05, 4.69) is 0 Å². The van der Waals surface area contributed by atoms with Gasteiger partial charge < -0.3 is 19.7 Å². The summed E-state index contributed by atoms with van der Waals surface area (Å²) in [5, 5.41) is 18.8. The van der Waals surface area contributed by atoms with Crippen molar-refractivity contribution in [2.24, 2.45) is 0 Å². The van der Waals surface area contributed by atoms with Crippen LogP contribution >= 0.6 is 0 Å². The molecule has 1 atom stereocenters.